The molecule has 1 saturated heterocycles. The van der Waals surface area contributed by atoms with E-state index in [1.807, 2.05) is 0 Å². The van der Waals surface area contributed by atoms with Crippen molar-refractivity contribution in [2.24, 2.45) is 0 Å². The van der Waals surface area contributed by atoms with Gasteiger partial charge in [-0.1, -0.05) is 5.21 Å². The summed E-state index contributed by atoms with van der Waals surface area (Å²) >= 11 is 0. The summed E-state index contributed by atoms with van der Waals surface area (Å²) in [6.45, 7) is 3.73. The molecule has 0 saturated carbocycles. The van der Waals surface area contributed by atoms with Gasteiger partial charge in [-0.25, -0.2) is 4.18 Å². The lowest BCUT2D eigenvalue weighted by molar-refractivity contribution is -0.310. The van der Waals surface area contributed by atoms with Crippen LogP contribution < -0.4 is 0 Å². The highest BCUT2D eigenvalue weighted by atomic mass is 32.3. The molecule has 0 aliphatic carbocycles. The lowest BCUT2D eigenvalue weighted by Crippen LogP contribution is -2.62. The molecule has 214 valence electrons. The van der Waals surface area contributed by atoms with Crippen LogP contribution in [0.4, 0.5) is 0 Å². The molecule has 1 N–H and O–H groups in total. The number of nitrogens with zero attached hydrogens (tertiary/aromatic N) is 3. The van der Waals surface area contributed by atoms with E-state index < -0.39 is 71.6 Å². The van der Waals surface area contributed by atoms with Crippen LogP contribution in [-0.2, 0) is 75.3 Å². The summed E-state index contributed by atoms with van der Waals surface area (Å²) in [5.41, 5.74) is 0.286. The van der Waals surface area contributed by atoms with E-state index in [1.54, 1.807) is 0 Å². The molecule has 1 aromatic rings. The first-order chi connectivity index (χ1) is 17.7. The largest absolute Gasteiger partial charge is 0.463 e. The van der Waals surface area contributed by atoms with Gasteiger partial charge in [0.15, 0.2) is 24.6 Å². The average molecular weight is 568 g/mol. The molecule has 38 heavy (non-hydrogen) atoms. The predicted molar refractivity (Wildman–Crippen MR) is 119 cm³/mol. The molecular formula is C20H29N3O14S. The summed E-state index contributed by atoms with van der Waals surface area (Å²) in [5, 5.41) is 7.76. The first-order valence-electron chi connectivity index (χ1n) is 11.2. The predicted octanol–water partition coefficient (Wildman–Crippen LogP) is -0.913. The zero-order valence-corrected chi connectivity index (χ0v) is 21.8. The number of carbonyl (C=O) groups excluding carboxylic acids is 4. The number of carbonyl (C=O) groups is 4. The molecule has 0 bridgehead atoms. The number of ether oxygens (including phenoxy) is 6. The molecule has 0 spiro atoms. The molecule has 18 heteroatoms. The number of hydrogen-bond acceptors (Lipinski definition) is 15. The highest BCUT2D eigenvalue weighted by molar-refractivity contribution is 7.80. The third-order valence-electron chi connectivity index (χ3n) is 4.69. The van der Waals surface area contributed by atoms with E-state index in [2.05, 4.69) is 14.5 Å². The fourth-order valence-electron chi connectivity index (χ4n) is 3.40. The molecule has 1 aliphatic rings. The smallest absolute Gasteiger partial charge is 0.397 e. The molecule has 1 aromatic heterocycles. The lowest BCUT2D eigenvalue weighted by Gasteiger charge is -2.43. The summed E-state index contributed by atoms with van der Waals surface area (Å²) in [6, 6.07) is 0. The van der Waals surface area contributed by atoms with Crippen molar-refractivity contribution in [3.05, 3.63) is 11.9 Å². The average Bonchev–Trinajstić information content (AvgIpc) is 3.23. The Bertz CT molecular complexity index is 1090. The molecule has 17 nitrogen and oxygen atoms in total. The molecule has 2 heterocycles. The van der Waals surface area contributed by atoms with Gasteiger partial charge < -0.3 is 28.4 Å². The van der Waals surface area contributed by atoms with Crippen LogP contribution >= 0.6 is 0 Å². The van der Waals surface area contributed by atoms with Gasteiger partial charge in [-0.15, -0.1) is 5.10 Å². The molecule has 3 unspecified atom stereocenters. The van der Waals surface area contributed by atoms with E-state index >= 15 is 0 Å². The minimum Gasteiger partial charge on any atom is -0.463 e. The van der Waals surface area contributed by atoms with Crippen LogP contribution in [0.25, 0.3) is 0 Å². The standard InChI is InChI=1S/C20H29N3O14S/c1-11(24)31-10-16-17(34-12(2)25)18(35-13(3)26)19(36-14(4)27)20(37-16)32-9-15-8-23(22-21-15)6-5-7-33-38(28,29)30/h8,16-20H,5-7,9-10H2,1-4H3,(H,28,29,30)/t16?,17-,18?,19?,20+/m1/s1. The van der Waals surface area contributed by atoms with Crippen molar-refractivity contribution in [3.8, 4) is 0 Å². The Morgan fingerprint density at radius 2 is 1.58 bits per heavy atom. The second kappa shape index (κ2) is 14.1. The Hall–Kier alpha value is -3.19. The maximum atomic E-state index is 11.9. The fourth-order valence-corrected chi connectivity index (χ4v) is 3.72. The first kappa shape index (κ1) is 31.0. The van der Waals surface area contributed by atoms with Gasteiger partial charge in [0.05, 0.1) is 19.4 Å². The highest BCUT2D eigenvalue weighted by Gasteiger charge is 2.52. The highest BCUT2D eigenvalue weighted by Crippen LogP contribution is 2.30. The van der Waals surface area contributed by atoms with Crippen molar-refractivity contribution < 1.29 is 64.8 Å². The first-order valence-corrected chi connectivity index (χ1v) is 12.5. The number of aromatic nitrogens is 3. The van der Waals surface area contributed by atoms with Crippen LogP contribution in [0.3, 0.4) is 0 Å². The van der Waals surface area contributed by atoms with Crippen molar-refractivity contribution in [3.63, 3.8) is 0 Å². The SMILES string of the molecule is CC(=O)OCC1O[C@H](OCc2cn(CCCOS(=O)(=O)O)nn2)C(OC(C)=O)C(OC(C)=O)[C@@H]1OC(C)=O. The third-order valence-corrected chi connectivity index (χ3v) is 5.16. The zero-order valence-electron chi connectivity index (χ0n) is 21.0. The van der Waals surface area contributed by atoms with Crippen LogP contribution in [0.2, 0.25) is 0 Å². The number of aryl methyl sites for hydroxylation is 1. The van der Waals surface area contributed by atoms with Crippen molar-refractivity contribution >= 4 is 34.3 Å². The van der Waals surface area contributed by atoms with Crippen LogP contribution in [0.5, 0.6) is 0 Å². The Morgan fingerprint density at radius 1 is 0.974 bits per heavy atom. The van der Waals surface area contributed by atoms with Crippen molar-refractivity contribution in [2.75, 3.05) is 13.2 Å². The summed E-state index contributed by atoms with van der Waals surface area (Å²) in [6.07, 6.45) is -4.97. The minimum atomic E-state index is -4.55. The van der Waals surface area contributed by atoms with E-state index in [4.69, 9.17) is 33.0 Å². The van der Waals surface area contributed by atoms with Crippen LogP contribution in [0.1, 0.15) is 39.8 Å². The Balaban J connectivity index is 2.19. The second-order valence-corrected chi connectivity index (χ2v) is 9.05. The van der Waals surface area contributed by atoms with Crippen molar-refractivity contribution in [1.82, 2.24) is 15.0 Å². The van der Waals surface area contributed by atoms with Crippen molar-refractivity contribution in [1.29, 1.82) is 0 Å². The van der Waals surface area contributed by atoms with Gasteiger partial charge in [0.1, 0.15) is 18.4 Å². The van der Waals surface area contributed by atoms with Gasteiger partial charge in [0, 0.05) is 34.2 Å². The van der Waals surface area contributed by atoms with E-state index in [0.29, 0.717) is 0 Å². The van der Waals surface area contributed by atoms with Crippen LogP contribution in [0, 0.1) is 0 Å². The molecule has 0 aromatic carbocycles. The molecule has 5 atom stereocenters. The number of rotatable bonds is 13. The van der Waals surface area contributed by atoms with Gasteiger partial charge in [0.25, 0.3) is 0 Å². The van der Waals surface area contributed by atoms with E-state index in [0.717, 1.165) is 27.7 Å². The van der Waals surface area contributed by atoms with Crippen molar-refractivity contribution in [2.45, 2.75) is 78.0 Å². The summed E-state index contributed by atoms with van der Waals surface area (Å²) < 4.78 is 67.8. The number of hydrogen-bond donors (Lipinski definition) is 1. The van der Waals surface area contributed by atoms with Gasteiger partial charge in [-0.2, -0.15) is 8.42 Å². The third kappa shape index (κ3) is 10.7. The molecule has 1 aliphatic heterocycles. The molecule has 0 radical (unpaired) electrons. The van der Waals surface area contributed by atoms with Crippen LogP contribution in [0.15, 0.2) is 6.20 Å². The second-order valence-electron chi connectivity index (χ2n) is 7.95. The Labute approximate surface area is 217 Å². The molecular weight excluding hydrogens is 538 g/mol. The zero-order chi connectivity index (χ0) is 28.5. The van der Waals surface area contributed by atoms with E-state index in [-0.39, 0.29) is 31.9 Å². The Morgan fingerprint density at radius 3 is 2.16 bits per heavy atom. The quantitative estimate of drug-likeness (QED) is 0.132. The fraction of sp³-hybridized carbons (Fsp3) is 0.700. The monoisotopic (exact) mass is 567 g/mol. The van der Waals surface area contributed by atoms with Gasteiger partial charge in [-0.3, -0.25) is 28.4 Å². The van der Waals surface area contributed by atoms with Crippen LogP contribution in [-0.4, -0.2) is 95.8 Å². The molecule has 2 rings (SSSR count). The number of esters is 4. The lowest BCUT2D eigenvalue weighted by atomic mass is 9.98. The summed E-state index contributed by atoms with van der Waals surface area (Å²) in [4.78, 5) is 46.8. The van der Waals surface area contributed by atoms with Gasteiger partial charge >= 0.3 is 34.3 Å². The molecule has 0 amide bonds. The summed E-state index contributed by atoms with van der Waals surface area (Å²) in [5.74, 6) is -2.97. The normalized spacial score (nSPS) is 23.3. The maximum absolute atomic E-state index is 11.9. The minimum absolute atomic E-state index is 0.184. The van der Waals surface area contributed by atoms with Gasteiger partial charge in [-0.05, 0) is 6.42 Å². The topological polar surface area (TPSA) is 218 Å². The van der Waals surface area contributed by atoms with E-state index in [9.17, 15) is 27.6 Å². The maximum Gasteiger partial charge on any atom is 0.397 e. The Kier molecular flexibility index (Phi) is 11.5. The summed E-state index contributed by atoms with van der Waals surface area (Å²) in [7, 11) is -4.55. The van der Waals surface area contributed by atoms with E-state index in [1.165, 1.54) is 10.9 Å². The van der Waals surface area contributed by atoms with Gasteiger partial charge in [0.2, 0.25) is 0 Å². The molecule has 1 fully saturated rings.